The van der Waals surface area contributed by atoms with E-state index in [0.717, 1.165) is 6.54 Å². The van der Waals surface area contributed by atoms with Gasteiger partial charge in [-0.15, -0.1) is 0 Å². The summed E-state index contributed by atoms with van der Waals surface area (Å²) in [4.78, 5) is 2.53. The zero-order chi connectivity index (χ0) is 10.6. The first-order chi connectivity index (χ1) is 6.56. The third-order valence-electron chi connectivity index (χ3n) is 3.61. The number of nitrogens with two attached hydrogens (primary N) is 1. The van der Waals surface area contributed by atoms with Crippen LogP contribution in [0.4, 0.5) is 0 Å². The number of nitrogens with zero attached hydrogens (tertiary/aromatic N) is 1. The van der Waals surface area contributed by atoms with E-state index < -0.39 is 0 Å². The Bertz CT molecular complexity index is 166. The average Bonchev–Trinajstić information content (AvgIpc) is 2.12. The van der Waals surface area contributed by atoms with Crippen LogP contribution in [-0.2, 0) is 0 Å². The van der Waals surface area contributed by atoms with Gasteiger partial charge in [-0.1, -0.05) is 33.6 Å². The SMILES string of the molecule is CCCCCN1CCC(C)(C)C(N)C1. The van der Waals surface area contributed by atoms with Crippen molar-refractivity contribution in [1.29, 1.82) is 0 Å². The molecule has 0 bridgehead atoms. The highest BCUT2D eigenvalue weighted by molar-refractivity contribution is 4.89. The number of likely N-dealkylation sites (tertiary alicyclic amines) is 1. The second-order valence-corrected chi connectivity index (χ2v) is 5.35. The van der Waals surface area contributed by atoms with Crippen LogP contribution in [0.1, 0.15) is 46.5 Å². The van der Waals surface area contributed by atoms with Gasteiger partial charge in [0.25, 0.3) is 0 Å². The van der Waals surface area contributed by atoms with Crippen molar-refractivity contribution < 1.29 is 0 Å². The Morgan fingerprint density at radius 3 is 2.64 bits per heavy atom. The summed E-state index contributed by atoms with van der Waals surface area (Å²) in [7, 11) is 0. The van der Waals surface area contributed by atoms with Crippen LogP contribution in [0.2, 0.25) is 0 Å². The molecule has 84 valence electrons. The summed E-state index contributed by atoms with van der Waals surface area (Å²) in [6.07, 6.45) is 5.25. The fourth-order valence-electron chi connectivity index (χ4n) is 2.04. The molecule has 2 N–H and O–H groups in total. The van der Waals surface area contributed by atoms with E-state index in [0.29, 0.717) is 11.5 Å². The third-order valence-corrected chi connectivity index (χ3v) is 3.61. The maximum Gasteiger partial charge on any atom is 0.0220 e. The first kappa shape index (κ1) is 12.0. The predicted molar refractivity (Wildman–Crippen MR) is 62.3 cm³/mol. The second-order valence-electron chi connectivity index (χ2n) is 5.35. The Morgan fingerprint density at radius 1 is 1.36 bits per heavy atom. The third kappa shape index (κ3) is 3.25. The molecule has 0 spiro atoms. The van der Waals surface area contributed by atoms with Crippen LogP contribution in [-0.4, -0.2) is 30.6 Å². The summed E-state index contributed by atoms with van der Waals surface area (Å²) in [6.45, 7) is 10.4. The first-order valence-corrected chi connectivity index (χ1v) is 6.04. The lowest BCUT2D eigenvalue weighted by atomic mass is 9.78. The summed E-state index contributed by atoms with van der Waals surface area (Å²) < 4.78 is 0. The van der Waals surface area contributed by atoms with Crippen LogP contribution in [0.5, 0.6) is 0 Å². The van der Waals surface area contributed by atoms with Gasteiger partial charge in [-0.3, -0.25) is 0 Å². The highest BCUT2D eigenvalue weighted by Crippen LogP contribution is 2.28. The van der Waals surface area contributed by atoms with E-state index in [1.165, 1.54) is 38.8 Å². The van der Waals surface area contributed by atoms with E-state index in [4.69, 9.17) is 5.73 Å². The lowest BCUT2D eigenvalue weighted by Gasteiger charge is -2.42. The van der Waals surface area contributed by atoms with Crippen LogP contribution >= 0.6 is 0 Å². The van der Waals surface area contributed by atoms with Crippen molar-refractivity contribution in [3.8, 4) is 0 Å². The van der Waals surface area contributed by atoms with E-state index in [1.54, 1.807) is 0 Å². The van der Waals surface area contributed by atoms with Crippen molar-refractivity contribution in [3.63, 3.8) is 0 Å². The number of piperidine rings is 1. The molecule has 0 saturated carbocycles. The summed E-state index contributed by atoms with van der Waals surface area (Å²) in [6, 6.07) is 0.359. The molecule has 1 saturated heterocycles. The van der Waals surface area contributed by atoms with E-state index in [9.17, 15) is 0 Å². The van der Waals surface area contributed by atoms with E-state index >= 15 is 0 Å². The molecule has 1 heterocycles. The number of unbranched alkanes of at least 4 members (excludes halogenated alkanes) is 2. The van der Waals surface area contributed by atoms with Crippen molar-refractivity contribution in [3.05, 3.63) is 0 Å². The van der Waals surface area contributed by atoms with Gasteiger partial charge in [0.1, 0.15) is 0 Å². The lowest BCUT2D eigenvalue weighted by molar-refractivity contribution is 0.105. The Kier molecular flexibility index (Phi) is 4.39. The zero-order valence-electron chi connectivity index (χ0n) is 10.1. The maximum absolute atomic E-state index is 6.17. The first-order valence-electron chi connectivity index (χ1n) is 6.04. The van der Waals surface area contributed by atoms with Gasteiger partial charge in [-0.05, 0) is 31.3 Å². The molecule has 1 atom stereocenters. The maximum atomic E-state index is 6.17. The van der Waals surface area contributed by atoms with Gasteiger partial charge in [-0.25, -0.2) is 0 Å². The van der Waals surface area contributed by atoms with Gasteiger partial charge in [0.15, 0.2) is 0 Å². The summed E-state index contributed by atoms with van der Waals surface area (Å²) in [5.74, 6) is 0. The average molecular weight is 198 g/mol. The minimum Gasteiger partial charge on any atom is -0.326 e. The standard InChI is InChI=1S/C12H26N2/c1-4-5-6-8-14-9-7-12(2,3)11(13)10-14/h11H,4-10,13H2,1-3H3. The molecule has 2 nitrogen and oxygen atoms in total. The fraction of sp³-hybridized carbons (Fsp3) is 1.00. The summed E-state index contributed by atoms with van der Waals surface area (Å²) in [5, 5.41) is 0. The molecule has 1 fully saturated rings. The summed E-state index contributed by atoms with van der Waals surface area (Å²) in [5.41, 5.74) is 6.51. The van der Waals surface area contributed by atoms with Crippen LogP contribution < -0.4 is 5.73 Å². The molecule has 2 heteroatoms. The molecule has 0 aromatic carbocycles. The number of rotatable bonds is 4. The minimum absolute atomic E-state index is 0.348. The van der Waals surface area contributed by atoms with Crippen molar-refractivity contribution >= 4 is 0 Å². The Labute approximate surface area is 88.8 Å². The van der Waals surface area contributed by atoms with E-state index in [2.05, 4.69) is 25.7 Å². The molecule has 0 aromatic heterocycles. The van der Waals surface area contributed by atoms with Gasteiger partial charge in [-0.2, -0.15) is 0 Å². The van der Waals surface area contributed by atoms with Gasteiger partial charge < -0.3 is 10.6 Å². The van der Waals surface area contributed by atoms with Crippen molar-refractivity contribution in [2.45, 2.75) is 52.5 Å². The van der Waals surface area contributed by atoms with Crippen molar-refractivity contribution in [2.75, 3.05) is 19.6 Å². The van der Waals surface area contributed by atoms with Crippen LogP contribution in [0.15, 0.2) is 0 Å². The molecular weight excluding hydrogens is 172 g/mol. The molecule has 0 amide bonds. The topological polar surface area (TPSA) is 29.3 Å². The number of hydrogen-bond donors (Lipinski definition) is 1. The quantitative estimate of drug-likeness (QED) is 0.702. The highest BCUT2D eigenvalue weighted by Gasteiger charge is 2.32. The molecule has 1 unspecified atom stereocenters. The highest BCUT2D eigenvalue weighted by atomic mass is 15.1. The molecular formula is C12H26N2. The molecule has 1 rings (SSSR count). The van der Waals surface area contributed by atoms with E-state index in [1.807, 2.05) is 0 Å². The van der Waals surface area contributed by atoms with Gasteiger partial charge in [0.2, 0.25) is 0 Å². The van der Waals surface area contributed by atoms with Gasteiger partial charge >= 0.3 is 0 Å². The fourth-order valence-corrected chi connectivity index (χ4v) is 2.04. The lowest BCUT2D eigenvalue weighted by Crippen LogP contribution is -2.52. The van der Waals surface area contributed by atoms with Crippen molar-refractivity contribution in [1.82, 2.24) is 4.90 Å². The molecule has 0 aromatic rings. The normalized spacial score (nSPS) is 27.9. The number of hydrogen-bond acceptors (Lipinski definition) is 2. The Hall–Kier alpha value is -0.0800. The molecule has 14 heavy (non-hydrogen) atoms. The molecule has 0 aliphatic carbocycles. The van der Waals surface area contributed by atoms with E-state index in [-0.39, 0.29) is 0 Å². The predicted octanol–water partition coefficient (Wildman–Crippen LogP) is 2.24. The molecule has 0 radical (unpaired) electrons. The largest absolute Gasteiger partial charge is 0.326 e. The second kappa shape index (κ2) is 5.13. The monoisotopic (exact) mass is 198 g/mol. The van der Waals surface area contributed by atoms with Crippen molar-refractivity contribution in [2.24, 2.45) is 11.1 Å². The van der Waals surface area contributed by atoms with Crippen LogP contribution in [0.25, 0.3) is 0 Å². The zero-order valence-corrected chi connectivity index (χ0v) is 10.1. The molecule has 1 aliphatic heterocycles. The molecule has 1 aliphatic rings. The van der Waals surface area contributed by atoms with Crippen LogP contribution in [0, 0.1) is 5.41 Å². The van der Waals surface area contributed by atoms with Gasteiger partial charge in [0.05, 0.1) is 0 Å². The minimum atomic E-state index is 0.348. The Balaban J connectivity index is 2.25. The van der Waals surface area contributed by atoms with Gasteiger partial charge in [0, 0.05) is 12.6 Å². The van der Waals surface area contributed by atoms with Crippen LogP contribution in [0.3, 0.4) is 0 Å². The smallest absolute Gasteiger partial charge is 0.0220 e. The Morgan fingerprint density at radius 2 is 2.07 bits per heavy atom. The summed E-state index contributed by atoms with van der Waals surface area (Å²) >= 11 is 0.